The van der Waals surface area contributed by atoms with Crippen LogP contribution in [-0.4, -0.2) is 28.3 Å². The van der Waals surface area contributed by atoms with E-state index in [9.17, 15) is 4.79 Å². The number of ketones is 1. The maximum Gasteiger partial charge on any atom is 0.171 e. The van der Waals surface area contributed by atoms with Crippen LogP contribution >= 0.6 is 0 Å². The average molecular weight is 194 g/mol. The number of nitrogens with zero attached hydrogens (tertiary/aromatic N) is 2. The van der Waals surface area contributed by atoms with Gasteiger partial charge in [0.15, 0.2) is 5.78 Å². The predicted octanol–water partition coefficient (Wildman–Crippen LogP) is 1.03. The molecule has 1 aromatic heterocycles. The van der Waals surface area contributed by atoms with E-state index in [1.807, 2.05) is 14.0 Å². The molecule has 1 aromatic rings. The van der Waals surface area contributed by atoms with Crippen LogP contribution in [0, 0.1) is 5.92 Å². The van der Waals surface area contributed by atoms with E-state index >= 15 is 0 Å². The van der Waals surface area contributed by atoms with Gasteiger partial charge in [-0.15, -0.1) is 0 Å². The number of Topliss-reactive ketones (excluding diaryl/α,β-unsaturated/α-hetero) is 1. The third-order valence-electron chi connectivity index (χ3n) is 2.70. The van der Waals surface area contributed by atoms with E-state index < -0.39 is 0 Å². The summed E-state index contributed by atoms with van der Waals surface area (Å²) in [5.74, 6) is 0.169. The van der Waals surface area contributed by atoms with Crippen LogP contribution < -0.4 is 0 Å². The number of ether oxygens (including phenoxy) is 1. The summed E-state index contributed by atoms with van der Waals surface area (Å²) in [6, 6.07) is 0. The van der Waals surface area contributed by atoms with Crippen molar-refractivity contribution in [2.45, 2.75) is 19.4 Å². The summed E-state index contributed by atoms with van der Waals surface area (Å²) in [5.41, 5.74) is 0.690. The number of hydrogen-bond acceptors (Lipinski definition) is 3. The molecular formula is C10H14N2O2. The third kappa shape index (κ3) is 1.57. The quantitative estimate of drug-likeness (QED) is 0.660. The predicted molar refractivity (Wildman–Crippen MR) is 51.1 cm³/mol. The van der Waals surface area contributed by atoms with E-state index in [0.717, 1.165) is 6.42 Å². The molecule has 76 valence electrons. The van der Waals surface area contributed by atoms with E-state index in [2.05, 4.69) is 5.10 Å². The van der Waals surface area contributed by atoms with Crippen molar-refractivity contribution in [3.05, 3.63) is 18.0 Å². The maximum absolute atomic E-state index is 11.9. The van der Waals surface area contributed by atoms with E-state index in [4.69, 9.17) is 4.74 Å². The molecule has 0 bridgehead atoms. The molecule has 0 N–H and O–H groups in total. The topological polar surface area (TPSA) is 44.1 Å². The lowest BCUT2D eigenvalue weighted by Crippen LogP contribution is -2.21. The molecule has 0 saturated carbocycles. The molecule has 2 unspecified atom stereocenters. The van der Waals surface area contributed by atoms with Crippen LogP contribution in [0.3, 0.4) is 0 Å². The Hall–Kier alpha value is -1.16. The number of carbonyl (C=O) groups excluding carboxylic acids is 1. The van der Waals surface area contributed by atoms with Crippen molar-refractivity contribution in [1.29, 1.82) is 0 Å². The molecular weight excluding hydrogens is 180 g/mol. The zero-order valence-electron chi connectivity index (χ0n) is 8.43. The molecule has 0 aliphatic carbocycles. The number of carbonyl (C=O) groups is 1. The van der Waals surface area contributed by atoms with Crippen molar-refractivity contribution in [2.75, 3.05) is 6.61 Å². The largest absolute Gasteiger partial charge is 0.378 e. The van der Waals surface area contributed by atoms with Crippen molar-refractivity contribution in [3.63, 3.8) is 0 Å². The molecule has 0 radical (unpaired) electrons. The molecule has 1 saturated heterocycles. The second-order valence-corrected chi connectivity index (χ2v) is 3.74. The Morgan fingerprint density at radius 2 is 2.50 bits per heavy atom. The van der Waals surface area contributed by atoms with Gasteiger partial charge in [-0.25, -0.2) is 0 Å². The molecule has 4 heteroatoms. The van der Waals surface area contributed by atoms with Gasteiger partial charge in [0.25, 0.3) is 0 Å². The minimum absolute atomic E-state index is 0.0131. The first-order valence-electron chi connectivity index (χ1n) is 4.83. The van der Waals surface area contributed by atoms with Crippen molar-refractivity contribution >= 4 is 5.78 Å². The summed E-state index contributed by atoms with van der Waals surface area (Å²) in [5, 5.41) is 3.99. The lowest BCUT2D eigenvalue weighted by Gasteiger charge is -2.10. The summed E-state index contributed by atoms with van der Waals surface area (Å²) >= 11 is 0. The first kappa shape index (κ1) is 9.40. The van der Waals surface area contributed by atoms with Crippen molar-refractivity contribution in [3.8, 4) is 0 Å². The molecule has 1 aliphatic rings. The molecule has 0 amide bonds. The minimum atomic E-state index is 0.0131. The SMILES string of the molecule is CC1OCCC1C(=O)c1cnn(C)c1. The highest BCUT2D eigenvalue weighted by atomic mass is 16.5. The van der Waals surface area contributed by atoms with Crippen molar-refractivity contribution in [1.82, 2.24) is 9.78 Å². The number of hydrogen-bond donors (Lipinski definition) is 0. The Labute approximate surface area is 82.9 Å². The van der Waals surface area contributed by atoms with Crippen LogP contribution in [0.4, 0.5) is 0 Å². The van der Waals surface area contributed by atoms with E-state index in [-0.39, 0.29) is 17.8 Å². The lowest BCUT2D eigenvalue weighted by atomic mass is 9.94. The van der Waals surface area contributed by atoms with Crippen LogP contribution in [0.5, 0.6) is 0 Å². The van der Waals surface area contributed by atoms with Crippen LogP contribution in [-0.2, 0) is 11.8 Å². The second-order valence-electron chi connectivity index (χ2n) is 3.74. The van der Waals surface area contributed by atoms with Gasteiger partial charge in [0.05, 0.1) is 23.8 Å². The van der Waals surface area contributed by atoms with Crippen LogP contribution in [0.2, 0.25) is 0 Å². The van der Waals surface area contributed by atoms with Gasteiger partial charge >= 0.3 is 0 Å². The normalized spacial score (nSPS) is 26.7. The van der Waals surface area contributed by atoms with Gasteiger partial charge in [-0.05, 0) is 13.3 Å². The van der Waals surface area contributed by atoms with Crippen molar-refractivity contribution in [2.24, 2.45) is 13.0 Å². The fourth-order valence-corrected chi connectivity index (χ4v) is 1.84. The average Bonchev–Trinajstić information content (AvgIpc) is 2.73. The van der Waals surface area contributed by atoms with E-state index in [1.54, 1.807) is 17.1 Å². The molecule has 2 heterocycles. The Balaban J connectivity index is 2.15. The number of aromatic nitrogens is 2. The summed E-state index contributed by atoms with van der Waals surface area (Å²) < 4.78 is 7.01. The smallest absolute Gasteiger partial charge is 0.171 e. The second kappa shape index (κ2) is 3.53. The van der Waals surface area contributed by atoms with Crippen molar-refractivity contribution < 1.29 is 9.53 Å². The summed E-state index contributed by atoms with van der Waals surface area (Å²) in [6.45, 7) is 2.64. The highest BCUT2D eigenvalue weighted by Gasteiger charge is 2.31. The summed E-state index contributed by atoms with van der Waals surface area (Å²) in [6.07, 6.45) is 4.25. The fourth-order valence-electron chi connectivity index (χ4n) is 1.84. The molecule has 1 fully saturated rings. The summed E-state index contributed by atoms with van der Waals surface area (Å²) in [7, 11) is 1.81. The molecule has 0 spiro atoms. The highest BCUT2D eigenvalue weighted by Crippen LogP contribution is 2.24. The molecule has 1 aliphatic heterocycles. The molecule has 0 aromatic carbocycles. The Morgan fingerprint density at radius 1 is 1.71 bits per heavy atom. The Bertz CT molecular complexity index is 346. The first-order valence-corrected chi connectivity index (χ1v) is 4.83. The van der Waals surface area contributed by atoms with Gasteiger partial charge in [0.1, 0.15) is 0 Å². The van der Waals surface area contributed by atoms with Gasteiger partial charge in [-0.3, -0.25) is 9.48 Å². The fraction of sp³-hybridized carbons (Fsp3) is 0.600. The van der Waals surface area contributed by atoms with Crippen LogP contribution in [0.25, 0.3) is 0 Å². The minimum Gasteiger partial charge on any atom is -0.378 e. The molecule has 14 heavy (non-hydrogen) atoms. The molecule has 2 atom stereocenters. The first-order chi connectivity index (χ1) is 6.68. The zero-order chi connectivity index (χ0) is 10.1. The standard InChI is InChI=1S/C10H14N2O2/c1-7-9(3-4-14-7)10(13)8-5-11-12(2)6-8/h5-7,9H,3-4H2,1-2H3. The monoisotopic (exact) mass is 194 g/mol. The maximum atomic E-state index is 11.9. The summed E-state index contributed by atoms with van der Waals surface area (Å²) in [4.78, 5) is 11.9. The number of aryl methyl sites for hydroxylation is 1. The van der Waals surface area contributed by atoms with E-state index in [0.29, 0.717) is 12.2 Å². The number of rotatable bonds is 2. The molecule has 2 rings (SSSR count). The van der Waals surface area contributed by atoms with Crippen LogP contribution in [0.15, 0.2) is 12.4 Å². The van der Waals surface area contributed by atoms with E-state index in [1.165, 1.54) is 0 Å². The van der Waals surface area contributed by atoms with Gasteiger partial charge in [-0.2, -0.15) is 5.10 Å². The third-order valence-corrected chi connectivity index (χ3v) is 2.70. The van der Waals surface area contributed by atoms with Gasteiger partial charge in [-0.1, -0.05) is 0 Å². The zero-order valence-corrected chi connectivity index (χ0v) is 8.43. The Kier molecular flexibility index (Phi) is 2.37. The van der Waals surface area contributed by atoms with Gasteiger partial charge < -0.3 is 4.74 Å². The van der Waals surface area contributed by atoms with Gasteiger partial charge in [0, 0.05) is 19.9 Å². The van der Waals surface area contributed by atoms with Gasteiger partial charge in [0.2, 0.25) is 0 Å². The molecule has 4 nitrogen and oxygen atoms in total. The lowest BCUT2D eigenvalue weighted by molar-refractivity contribution is 0.0764. The highest BCUT2D eigenvalue weighted by molar-refractivity contribution is 5.97. The van der Waals surface area contributed by atoms with Crippen LogP contribution in [0.1, 0.15) is 23.7 Å². The Morgan fingerprint density at radius 3 is 3.00 bits per heavy atom.